The molecule has 1 aliphatic carbocycles. The molecule has 2 aromatic rings. The van der Waals surface area contributed by atoms with E-state index in [0.717, 1.165) is 18.4 Å². The zero-order valence-electron chi connectivity index (χ0n) is 14.8. The van der Waals surface area contributed by atoms with Crippen molar-refractivity contribution in [2.75, 3.05) is 6.61 Å². The standard InChI is InChI=1S/C21H22FNO3/c1-14(17-7-6-15-4-2-3-5-18(15)12-17)23-20(24)13-26-21(25)16-8-10-19(22)11-9-16/h6-12,14H,2-5,13H2,1H3,(H,23,24)/t14-/m1/s1. The second-order valence-electron chi connectivity index (χ2n) is 6.61. The van der Waals surface area contributed by atoms with Gasteiger partial charge in [-0.15, -0.1) is 0 Å². The predicted octanol–water partition coefficient (Wildman–Crippen LogP) is 3.74. The highest BCUT2D eigenvalue weighted by Crippen LogP contribution is 2.24. The Morgan fingerprint density at radius 2 is 1.77 bits per heavy atom. The summed E-state index contributed by atoms with van der Waals surface area (Å²) < 4.78 is 17.8. The maximum absolute atomic E-state index is 12.9. The summed E-state index contributed by atoms with van der Waals surface area (Å²) in [6.07, 6.45) is 4.64. The molecule has 1 N–H and O–H groups in total. The van der Waals surface area contributed by atoms with Crippen molar-refractivity contribution in [2.24, 2.45) is 0 Å². The fourth-order valence-electron chi connectivity index (χ4n) is 3.19. The van der Waals surface area contributed by atoms with Crippen LogP contribution in [0.1, 0.15) is 52.9 Å². The van der Waals surface area contributed by atoms with Crippen LogP contribution in [0, 0.1) is 5.82 Å². The van der Waals surface area contributed by atoms with Gasteiger partial charge in [-0.3, -0.25) is 4.79 Å². The molecule has 136 valence electrons. The number of amides is 1. The van der Waals surface area contributed by atoms with Gasteiger partial charge < -0.3 is 10.1 Å². The lowest BCUT2D eigenvalue weighted by molar-refractivity contribution is -0.124. The largest absolute Gasteiger partial charge is 0.452 e. The van der Waals surface area contributed by atoms with Crippen LogP contribution in [-0.4, -0.2) is 18.5 Å². The van der Waals surface area contributed by atoms with Gasteiger partial charge >= 0.3 is 5.97 Å². The fraction of sp³-hybridized carbons (Fsp3) is 0.333. The molecule has 0 saturated carbocycles. The number of nitrogens with one attached hydrogen (secondary N) is 1. The molecule has 5 heteroatoms. The minimum absolute atomic E-state index is 0.167. The zero-order valence-corrected chi connectivity index (χ0v) is 14.8. The van der Waals surface area contributed by atoms with E-state index in [1.165, 1.54) is 48.2 Å². The summed E-state index contributed by atoms with van der Waals surface area (Å²) in [4.78, 5) is 23.9. The van der Waals surface area contributed by atoms with Crippen molar-refractivity contribution >= 4 is 11.9 Å². The van der Waals surface area contributed by atoms with Gasteiger partial charge in [0.1, 0.15) is 5.82 Å². The molecule has 0 fully saturated rings. The van der Waals surface area contributed by atoms with Crippen LogP contribution in [0.4, 0.5) is 4.39 Å². The first-order valence-electron chi connectivity index (χ1n) is 8.86. The molecule has 0 aromatic heterocycles. The molecule has 2 aromatic carbocycles. The molecule has 4 nitrogen and oxygen atoms in total. The van der Waals surface area contributed by atoms with Crippen molar-refractivity contribution in [1.29, 1.82) is 0 Å². The lowest BCUT2D eigenvalue weighted by Crippen LogP contribution is -2.31. The first-order valence-corrected chi connectivity index (χ1v) is 8.86. The van der Waals surface area contributed by atoms with Gasteiger partial charge in [0, 0.05) is 0 Å². The van der Waals surface area contributed by atoms with E-state index in [0.29, 0.717) is 0 Å². The van der Waals surface area contributed by atoms with Gasteiger partial charge in [-0.05, 0) is 73.6 Å². The van der Waals surface area contributed by atoms with E-state index in [1.54, 1.807) is 0 Å². The van der Waals surface area contributed by atoms with Crippen molar-refractivity contribution in [1.82, 2.24) is 5.32 Å². The third kappa shape index (κ3) is 4.48. The summed E-state index contributed by atoms with van der Waals surface area (Å²) in [6.45, 7) is 1.54. The normalized spacial score (nSPS) is 14.2. The van der Waals surface area contributed by atoms with Crippen LogP contribution in [0.15, 0.2) is 42.5 Å². The van der Waals surface area contributed by atoms with Crippen LogP contribution >= 0.6 is 0 Å². The summed E-state index contributed by atoms with van der Waals surface area (Å²) in [6, 6.07) is 11.2. The topological polar surface area (TPSA) is 55.4 Å². The van der Waals surface area contributed by atoms with E-state index in [2.05, 4.69) is 17.4 Å². The first-order chi connectivity index (χ1) is 12.5. The van der Waals surface area contributed by atoms with Crippen molar-refractivity contribution in [3.8, 4) is 0 Å². The highest BCUT2D eigenvalue weighted by atomic mass is 19.1. The number of ether oxygens (including phenoxy) is 1. The van der Waals surface area contributed by atoms with E-state index < -0.39 is 11.8 Å². The molecule has 0 aliphatic heterocycles. The quantitative estimate of drug-likeness (QED) is 0.832. The summed E-state index contributed by atoms with van der Waals surface area (Å²) in [5.41, 5.74) is 4.01. The van der Waals surface area contributed by atoms with E-state index in [4.69, 9.17) is 4.74 Å². The van der Waals surface area contributed by atoms with E-state index >= 15 is 0 Å². The molecule has 0 spiro atoms. The number of hydrogen-bond donors (Lipinski definition) is 1. The number of esters is 1. The van der Waals surface area contributed by atoms with Gasteiger partial charge in [-0.2, -0.15) is 0 Å². The maximum atomic E-state index is 12.9. The SMILES string of the molecule is C[C@@H](NC(=O)COC(=O)c1ccc(F)cc1)c1ccc2c(c1)CCCC2. The zero-order chi connectivity index (χ0) is 18.5. The van der Waals surface area contributed by atoms with E-state index in [1.807, 2.05) is 13.0 Å². The summed E-state index contributed by atoms with van der Waals surface area (Å²) in [5, 5.41) is 2.84. The third-order valence-electron chi connectivity index (χ3n) is 4.66. The number of fused-ring (bicyclic) bond motifs is 1. The lowest BCUT2D eigenvalue weighted by atomic mass is 9.89. The van der Waals surface area contributed by atoms with Crippen LogP contribution in [0.3, 0.4) is 0 Å². The lowest BCUT2D eigenvalue weighted by Gasteiger charge is -2.20. The van der Waals surface area contributed by atoms with Gasteiger partial charge in [-0.25, -0.2) is 9.18 Å². The van der Waals surface area contributed by atoms with Gasteiger partial charge in [-0.1, -0.05) is 18.2 Å². The number of halogens is 1. The Morgan fingerprint density at radius 3 is 2.50 bits per heavy atom. The molecule has 3 rings (SSSR count). The molecule has 0 bridgehead atoms. The fourth-order valence-corrected chi connectivity index (χ4v) is 3.19. The second kappa shape index (κ2) is 8.13. The smallest absolute Gasteiger partial charge is 0.338 e. The Labute approximate surface area is 152 Å². The first kappa shape index (κ1) is 18.1. The van der Waals surface area contributed by atoms with Crippen LogP contribution in [-0.2, 0) is 22.4 Å². The molecule has 0 heterocycles. The van der Waals surface area contributed by atoms with E-state index in [-0.39, 0.29) is 24.1 Å². The molecule has 0 radical (unpaired) electrons. The summed E-state index contributed by atoms with van der Waals surface area (Å²) in [7, 11) is 0. The van der Waals surface area contributed by atoms with Crippen molar-refractivity contribution in [2.45, 2.75) is 38.6 Å². The van der Waals surface area contributed by atoms with Crippen molar-refractivity contribution < 1.29 is 18.7 Å². The maximum Gasteiger partial charge on any atom is 0.338 e. The molecule has 0 saturated heterocycles. The van der Waals surface area contributed by atoms with Crippen LogP contribution < -0.4 is 5.32 Å². The van der Waals surface area contributed by atoms with E-state index in [9.17, 15) is 14.0 Å². The van der Waals surface area contributed by atoms with Gasteiger partial charge in [0.15, 0.2) is 6.61 Å². The van der Waals surface area contributed by atoms with Gasteiger partial charge in [0.25, 0.3) is 5.91 Å². The molecular weight excluding hydrogens is 333 g/mol. The average Bonchev–Trinajstić information content (AvgIpc) is 2.66. The Bertz CT molecular complexity index is 801. The highest BCUT2D eigenvalue weighted by Gasteiger charge is 2.15. The number of carbonyl (C=O) groups excluding carboxylic acids is 2. The molecule has 0 unspecified atom stereocenters. The monoisotopic (exact) mass is 355 g/mol. The molecule has 1 amide bonds. The Kier molecular flexibility index (Phi) is 5.66. The van der Waals surface area contributed by atoms with Crippen molar-refractivity contribution in [3.05, 3.63) is 70.5 Å². The minimum atomic E-state index is -0.651. The van der Waals surface area contributed by atoms with Crippen molar-refractivity contribution in [3.63, 3.8) is 0 Å². The summed E-state index contributed by atoms with van der Waals surface area (Å²) >= 11 is 0. The molecular formula is C21H22FNO3. The van der Waals surface area contributed by atoms with Crippen LogP contribution in [0.2, 0.25) is 0 Å². The molecule has 26 heavy (non-hydrogen) atoms. The molecule has 1 atom stereocenters. The minimum Gasteiger partial charge on any atom is -0.452 e. The highest BCUT2D eigenvalue weighted by molar-refractivity contribution is 5.91. The number of hydrogen-bond acceptors (Lipinski definition) is 3. The van der Waals surface area contributed by atoms with Gasteiger partial charge in [0.2, 0.25) is 0 Å². The summed E-state index contributed by atoms with van der Waals surface area (Å²) in [5.74, 6) is -1.45. The van der Waals surface area contributed by atoms with Crippen LogP contribution in [0.25, 0.3) is 0 Å². The second-order valence-corrected chi connectivity index (χ2v) is 6.61. The average molecular weight is 355 g/mol. The predicted molar refractivity (Wildman–Crippen MR) is 96.3 cm³/mol. The number of rotatable bonds is 5. The van der Waals surface area contributed by atoms with Gasteiger partial charge in [0.05, 0.1) is 11.6 Å². The Balaban J connectivity index is 1.52. The number of benzene rings is 2. The van der Waals surface area contributed by atoms with Crippen LogP contribution in [0.5, 0.6) is 0 Å². The Hall–Kier alpha value is -2.69. The molecule has 1 aliphatic rings. The Morgan fingerprint density at radius 1 is 1.08 bits per heavy atom. The number of carbonyl (C=O) groups is 2. The third-order valence-corrected chi connectivity index (χ3v) is 4.66. The number of aryl methyl sites for hydroxylation is 2.